The van der Waals surface area contributed by atoms with Gasteiger partial charge in [-0.15, -0.1) is 22.7 Å². The third kappa shape index (κ3) is 3.16. The zero-order valence-electron chi connectivity index (χ0n) is 11.7. The molecule has 0 aliphatic heterocycles. The van der Waals surface area contributed by atoms with Gasteiger partial charge in [-0.25, -0.2) is 4.39 Å². The van der Waals surface area contributed by atoms with E-state index in [1.54, 1.807) is 28.7 Å². The standard InChI is InChI=1S/C16H16FNOS2/c1-18-8-15-12(10-19-9-11-4-3-7-20-11)16-13(17)5-2-6-14(16)21-15/h2-7,18H,8-10H2,1H3. The van der Waals surface area contributed by atoms with Crippen LogP contribution in [0.2, 0.25) is 0 Å². The molecule has 0 bridgehead atoms. The first kappa shape index (κ1) is 14.7. The lowest BCUT2D eigenvalue weighted by Crippen LogP contribution is -2.06. The van der Waals surface area contributed by atoms with E-state index in [0.717, 1.165) is 21.7 Å². The zero-order chi connectivity index (χ0) is 14.7. The highest BCUT2D eigenvalue weighted by Crippen LogP contribution is 2.34. The molecule has 0 amide bonds. The molecule has 2 aromatic heterocycles. The fourth-order valence-corrected chi connectivity index (χ4v) is 4.20. The Morgan fingerprint density at radius 1 is 1.19 bits per heavy atom. The Hall–Kier alpha value is -1.27. The number of nitrogens with one attached hydrogen (secondary N) is 1. The summed E-state index contributed by atoms with van der Waals surface area (Å²) in [7, 11) is 1.90. The number of ether oxygens (including phenoxy) is 1. The number of halogens is 1. The maximum atomic E-state index is 14.1. The van der Waals surface area contributed by atoms with Crippen molar-refractivity contribution in [3.63, 3.8) is 0 Å². The van der Waals surface area contributed by atoms with Gasteiger partial charge in [-0.3, -0.25) is 0 Å². The summed E-state index contributed by atoms with van der Waals surface area (Å²) in [6, 6.07) is 9.29. The molecule has 2 heterocycles. The van der Waals surface area contributed by atoms with Crippen LogP contribution in [0.4, 0.5) is 4.39 Å². The molecule has 110 valence electrons. The molecule has 0 aliphatic carbocycles. The lowest BCUT2D eigenvalue weighted by Gasteiger charge is -2.06. The van der Waals surface area contributed by atoms with Crippen LogP contribution >= 0.6 is 22.7 Å². The van der Waals surface area contributed by atoms with Gasteiger partial charge in [0, 0.05) is 31.9 Å². The summed E-state index contributed by atoms with van der Waals surface area (Å²) in [5.74, 6) is -0.166. The van der Waals surface area contributed by atoms with E-state index < -0.39 is 0 Å². The molecule has 0 atom stereocenters. The summed E-state index contributed by atoms with van der Waals surface area (Å²) in [5.41, 5.74) is 0.971. The summed E-state index contributed by atoms with van der Waals surface area (Å²) < 4.78 is 20.9. The van der Waals surface area contributed by atoms with Crippen molar-refractivity contribution >= 4 is 32.8 Å². The normalized spacial score (nSPS) is 11.3. The Morgan fingerprint density at radius 2 is 2.10 bits per heavy atom. The van der Waals surface area contributed by atoms with Crippen LogP contribution in [0, 0.1) is 5.82 Å². The van der Waals surface area contributed by atoms with E-state index >= 15 is 0 Å². The summed E-state index contributed by atoms with van der Waals surface area (Å²) in [4.78, 5) is 2.33. The highest BCUT2D eigenvalue weighted by Gasteiger charge is 2.15. The zero-order valence-corrected chi connectivity index (χ0v) is 13.3. The number of rotatable bonds is 6. The predicted molar refractivity (Wildman–Crippen MR) is 87.4 cm³/mol. The van der Waals surface area contributed by atoms with E-state index in [4.69, 9.17) is 4.74 Å². The SMILES string of the molecule is CNCc1sc2cccc(F)c2c1COCc1cccs1. The summed E-state index contributed by atoms with van der Waals surface area (Å²) >= 11 is 3.30. The highest BCUT2D eigenvalue weighted by atomic mass is 32.1. The number of benzene rings is 1. The van der Waals surface area contributed by atoms with Gasteiger partial charge in [0.15, 0.2) is 0 Å². The van der Waals surface area contributed by atoms with Gasteiger partial charge < -0.3 is 10.1 Å². The number of fused-ring (bicyclic) bond motifs is 1. The largest absolute Gasteiger partial charge is 0.371 e. The van der Waals surface area contributed by atoms with Gasteiger partial charge in [0.2, 0.25) is 0 Å². The van der Waals surface area contributed by atoms with E-state index in [9.17, 15) is 4.39 Å². The van der Waals surface area contributed by atoms with Crippen LogP contribution in [-0.2, 0) is 24.5 Å². The van der Waals surface area contributed by atoms with Crippen molar-refractivity contribution in [1.29, 1.82) is 0 Å². The second-order valence-corrected chi connectivity index (χ2v) is 6.89. The Kier molecular flexibility index (Phi) is 4.65. The fraction of sp³-hybridized carbons (Fsp3) is 0.250. The van der Waals surface area contributed by atoms with E-state index in [0.29, 0.717) is 18.6 Å². The minimum Gasteiger partial charge on any atom is -0.371 e. The Morgan fingerprint density at radius 3 is 2.86 bits per heavy atom. The van der Waals surface area contributed by atoms with Gasteiger partial charge >= 0.3 is 0 Å². The first-order valence-electron chi connectivity index (χ1n) is 6.73. The molecule has 0 saturated heterocycles. The third-order valence-corrected chi connectivity index (χ3v) is 5.30. The molecule has 0 radical (unpaired) electrons. The molecule has 3 rings (SSSR count). The molecule has 0 saturated carbocycles. The maximum Gasteiger partial charge on any atom is 0.132 e. The van der Waals surface area contributed by atoms with E-state index in [1.165, 1.54) is 10.9 Å². The van der Waals surface area contributed by atoms with Gasteiger partial charge in [0.1, 0.15) is 5.82 Å². The number of hydrogen-bond acceptors (Lipinski definition) is 4. The van der Waals surface area contributed by atoms with Crippen molar-refractivity contribution < 1.29 is 9.13 Å². The molecule has 3 aromatic rings. The third-order valence-electron chi connectivity index (χ3n) is 3.26. The minimum atomic E-state index is -0.166. The molecular formula is C16H16FNOS2. The highest BCUT2D eigenvalue weighted by molar-refractivity contribution is 7.19. The van der Waals surface area contributed by atoms with Crippen molar-refractivity contribution in [2.45, 2.75) is 19.8 Å². The quantitative estimate of drug-likeness (QED) is 0.720. The molecule has 0 unspecified atom stereocenters. The first-order valence-corrected chi connectivity index (χ1v) is 8.42. The van der Waals surface area contributed by atoms with Gasteiger partial charge in [0.05, 0.1) is 13.2 Å². The Labute approximate surface area is 131 Å². The maximum absolute atomic E-state index is 14.1. The van der Waals surface area contributed by atoms with Crippen molar-refractivity contribution in [3.8, 4) is 0 Å². The minimum absolute atomic E-state index is 0.166. The number of hydrogen-bond donors (Lipinski definition) is 1. The molecule has 1 aromatic carbocycles. The summed E-state index contributed by atoms with van der Waals surface area (Å²) in [5, 5.41) is 5.88. The molecule has 0 spiro atoms. The first-order chi connectivity index (χ1) is 10.3. The fourth-order valence-electron chi connectivity index (χ4n) is 2.32. The van der Waals surface area contributed by atoms with Gasteiger partial charge in [0.25, 0.3) is 0 Å². The smallest absolute Gasteiger partial charge is 0.132 e. The average Bonchev–Trinajstić information content (AvgIpc) is 3.09. The van der Waals surface area contributed by atoms with Crippen LogP contribution < -0.4 is 5.32 Å². The second-order valence-electron chi connectivity index (χ2n) is 4.72. The summed E-state index contributed by atoms with van der Waals surface area (Å²) in [6.45, 7) is 1.74. The van der Waals surface area contributed by atoms with Crippen molar-refractivity contribution in [2.24, 2.45) is 0 Å². The molecule has 1 N–H and O–H groups in total. The number of thiophene rings is 2. The molecule has 0 fully saturated rings. The average molecular weight is 321 g/mol. The van der Waals surface area contributed by atoms with Gasteiger partial charge in [-0.05, 0) is 30.6 Å². The van der Waals surface area contributed by atoms with E-state index in [1.807, 2.05) is 30.6 Å². The molecule has 2 nitrogen and oxygen atoms in total. The van der Waals surface area contributed by atoms with Crippen LogP contribution in [0.1, 0.15) is 15.3 Å². The van der Waals surface area contributed by atoms with Crippen LogP contribution in [0.5, 0.6) is 0 Å². The van der Waals surface area contributed by atoms with Crippen LogP contribution in [-0.4, -0.2) is 7.05 Å². The van der Waals surface area contributed by atoms with Crippen LogP contribution in [0.3, 0.4) is 0 Å². The van der Waals surface area contributed by atoms with Gasteiger partial charge in [-0.2, -0.15) is 0 Å². The van der Waals surface area contributed by atoms with E-state index in [-0.39, 0.29) is 5.82 Å². The monoisotopic (exact) mass is 321 g/mol. The molecule has 21 heavy (non-hydrogen) atoms. The van der Waals surface area contributed by atoms with Crippen molar-refractivity contribution in [2.75, 3.05) is 7.05 Å². The topological polar surface area (TPSA) is 21.3 Å². The Bertz CT molecular complexity index is 721. The lowest BCUT2D eigenvalue weighted by molar-refractivity contribution is 0.109. The van der Waals surface area contributed by atoms with Crippen molar-refractivity contribution in [1.82, 2.24) is 5.32 Å². The van der Waals surface area contributed by atoms with E-state index in [2.05, 4.69) is 5.32 Å². The van der Waals surface area contributed by atoms with Crippen LogP contribution in [0.25, 0.3) is 10.1 Å². The predicted octanol–water partition coefficient (Wildman–Crippen LogP) is 4.54. The Balaban J connectivity index is 1.86. The molecular weight excluding hydrogens is 305 g/mol. The molecule has 0 aliphatic rings. The second kappa shape index (κ2) is 6.66. The summed E-state index contributed by atoms with van der Waals surface area (Å²) in [6.07, 6.45) is 0. The van der Waals surface area contributed by atoms with Crippen LogP contribution in [0.15, 0.2) is 35.7 Å². The molecule has 5 heteroatoms. The van der Waals surface area contributed by atoms with Gasteiger partial charge in [-0.1, -0.05) is 12.1 Å². The van der Waals surface area contributed by atoms with Crippen molar-refractivity contribution in [3.05, 3.63) is 56.8 Å². The lowest BCUT2D eigenvalue weighted by atomic mass is 10.1.